The zero-order valence-electron chi connectivity index (χ0n) is 44.9. The van der Waals surface area contributed by atoms with Crippen LogP contribution in [0.1, 0.15) is 32.7 Å². The van der Waals surface area contributed by atoms with Crippen molar-refractivity contribution in [3.63, 3.8) is 0 Å². The Morgan fingerprint density at radius 1 is 0.550 bits per heavy atom. The normalized spacial score (nSPS) is 16.6. The third-order valence-electron chi connectivity index (χ3n) is 12.5. The minimum absolute atomic E-state index is 0. The molecule has 0 saturated carbocycles. The van der Waals surface area contributed by atoms with Crippen LogP contribution in [0.3, 0.4) is 0 Å². The molecule has 413 valence electrons. The number of aromatic nitrogens is 3. The molecule has 80 heavy (non-hydrogen) atoms. The van der Waals surface area contributed by atoms with E-state index in [4.69, 9.17) is 28.4 Å². The smallest absolute Gasteiger partial charge is 1.00 e. The SMILES string of the molecule is NCc1ccc(OC2CCN(c3ccc(F)cc3)C2)nc1.O=C1CCN(c2ccc(F)cc2)C1.OC1CCN(c2ccc(F)cc2)C1.[B].[C-]#[N+]c1ccc(F)nc1.[C-]#[N+]c1ccc(OC2CCN(c3ccc(F)cc3)C2)nc1.[H-].[Na+].[Ni]. The number of halogens is 5. The number of ether oxygens (including phenoxy) is 2. The fourth-order valence-corrected chi connectivity index (χ4v) is 8.44. The molecular weight excluding hydrogens is 1090 g/mol. The van der Waals surface area contributed by atoms with Gasteiger partial charge in [-0.15, -0.1) is 0 Å². The summed E-state index contributed by atoms with van der Waals surface area (Å²) in [7, 11) is 0. The molecule has 3 N–H and O–H groups in total. The molecule has 0 bridgehead atoms. The molecule has 4 saturated heterocycles. The molecule has 7 heterocycles. The summed E-state index contributed by atoms with van der Waals surface area (Å²) in [4.78, 5) is 37.3. The molecule has 14 nitrogen and oxygen atoms in total. The van der Waals surface area contributed by atoms with Crippen LogP contribution in [0.25, 0.3) is 9.69 Å². The number of ketones is 1. The van der Waals surface area contributed by atoms with E-state index in [0.717, 1.165) is 92.9 Å². The van der Waals surface area contributed by atoms with Gasteiger partial charge in [-0.25, -0.2) is 42.2 Å². The van der Waals surface area contributed by atoms with Crippen LogP contribution >= 0.6 is 0 Å². The average molecular weight is 1150 g/mol. The Labute approximate surface area is 498 Å². The average Bonchev–Trinajstić information content (AvgIpc) is 4.32. The van der Waals surface area contributed by atoms with Gasteiger partial charge in [-0.3, -0.25) is 4.79 Å². The number of nitrogens with two attached hydrogens (primary N) is 1. The van der Waals surface area contributed by atoms with E-state index in [1.165, 1.54) is 67.0 Å². The molecule has 0 amide bonds. The van der Waals surface area contributed by atoms with Crippen LogP contribution in [-0.4, -0.2) is 105 Å². The van der Waals surface area contributed by atoms with Crippen LogP contribution in [0.5, 0.6) is 11.8 Å². The number of benzene rings is 4. The molecule has 4 aliphatic rings. The number of aliphatic hydroxyl groups excluding tert-OH is 1. The van der Waals surface area contributed by atoms with Crippen LogP contribution in [0, 0.1) is 42.4 Å². The summed E-state index contributed by atoms with van der Waals surface area (Å²) in [6.07, 6.45) is 7.60. The van der Waals surface area contributed by atoms with E-state index in [1.54, 1.807) is 66.9 Å². The van der Waals surface area contributed by atoms with Crippen LogP contribution in [-0.2, 0) is 27.8 Å². The summed E-state index contributed by atoms with van der Waals surface area (Å²) in [5.41, 5.74) is 11.3. The molecule has 22 heteroatoms. The van der Waals surface area contributed by atoms with Crippen molar-refractivity contribution in [3.8, 4) is 11.8 Å². The summed E-state index contributed by atoms with van der Waals surface area (Å²) in [5.74, 6) is -0.0409. The van der Waals surface area contributed by atoms with Gasteiger partial charge in [0.05, 0.1) is 38.9 Å². The maximum absolute atomic E-state index is 12.9. The van der Waals surface area contributed by atoms with Crippen molar-refractivity contribution in [3.05, 3.63) is 210 Å². The number of hydrogen-bond donors (Lipinski definition) is 2. The van der Waals surface area contributed by atoms with E-state index in [2.05, 4.69) is 39.3 Å². The predicted octanol–water partition coefficient (Wildman–Crippen LogP) is 7.27. The minimum atomic E-state index is -0.553. The Morgan fingerprint density at radius 2 is 0.950 bits per heavy atom. The molecule has 3 atom stereocenters. The van der Waals surface area contributed by atoms with E-state index >= 15 is 0 Å². The zero-order chi connectivity index (χ0) is 54.5. The number of pyridine rings is 3. The van der Waals surface area contributed by atoms with Gasteiger partial charge < -0.3 is 41.3 Å². The number of carbonyl (C=O) groups is 1. The first-order chi connectivity index (χ1) is 37.3. The molecular formula is C58H58BF5N10NaNiO4. The topological polar surface area (TPSA) is 142 Å². The summed E-state index contributed by atoms with van der Waals surface area (Å²) < 4.78 is 74.7. The van der Waals surface area contributed by atoms with Crippen LogP contribution in [0.15, 0.2) is 152 Å². The maximum atomic E-state index is 12.9. The van der Waals surface area contributed by atoms with Gasteiger partial charge in [0.25, 0.3) is 0 Å². The van der Waals surface area contributed by atoms with Gasteiger partial charge in [0.15, 0.2) is 5.78 Å². The first-order valence-electron chi connectivity index (χ1n) is 24.9. The number of hydrogen-bond acceptors (Lipinski definition) is 12. The Kier molecular flexibility index (Phi) is 27.4. The van der Waals surface area contributed by atoms with Gasteiger partial charge >= 0.3 is 29.6 Å². The number of rotatable bonds is 9. The second-order valence-electron chi connectivity index (χ2n) is 18.1. The molecule has 3 aromatic heterocycles. The van der Waals surface area contributed by atoms with E-state index < -0.39 is 5.95 Å². The van der Waals surface area contributed by atoms with Gasteiger partial charge in [-0.2, -0.15) is 4.39 Å². The van der Waals surface area contributed by atoms with Crippen molar-refractivity contribution in [2.75, 3.05) is 72.0 Å². The molecule has 0 spiro atoms. The number of carbonyl (C=O) groups excluding carboxylic acids is 1. The summed E-state index contributed by atoms with van der Waals surface area (Å²) >= 11 is 0. The maximum Gasteiger partial charge on any atom is 1.00 e. The Bertz CT molecular complexity index is 3040. The largest absolute Gasteiger partial charge is 1.00 e. The first kappa shape index (κ1) is 65.4. The molecule has 3 radical (unpaired) electrons. The number of β-amino-alcohol motifs (C(OH)–C–C–N with tert-alkyl or cyclic N) is 1. The Balaban J connectivity index is 0.000000270. The number of Topliss-reactive ketones (excluding diaryl/α,β-unsaturated/α-hetero) is 1. The van der Waals surface area contributed by atoms with E-state index in [9.17, 15) is 31.9 Å². The third-order valence-corrected chi connectivity index (χ3v) is 12.5. The van der Waals surface area contributed by atoms with Crippen molar-refractivity contribution >= 4 is 48.3 Å². The monoisotopic (exact) mass is 1150 g/mol. The van der Waals surface area contributed by atoms with E-state index in [-0.39, 0.29) is 103 Å². The fraction of sp³-hybridized carbons (Fsp3) is 0.276. The second kappa shape index (κ2) is 33.5. The van der Waals surface area contributed by atoms with Crippen molar-refractivity contribution < 1.29 is 88.8 Å². The van der Waals surface area contributed by atoms with E-state index in [0.29, 0.717) is 49.2 Å². The molecule has 0 aliphatic carbocycles. The zero-order valence-corrected chi connectivity index (χ0v) is 46.9. The van der Waals surface area contributed by atoms with Gasteiger partial charge in [-0.05, 0) is 127 Å². The molecule has 3 unspecified atom stereocenters. The number of anilines is 4. The predicted molar refractivity (Wildman–Crippen MR) is 293 cm³/mol. The molecule has 4 aliphatic heterocycles. The quantitative estimate of drug-likeness (QED) is 0.0650. The summed E-state index contributed by atoms with van der Waals surface area (Å²) in [5, 5.41) is 9.30. The standard InChI is InChI=1S/C16H14FN3O.C16H18FN3O.C10H12FNO.C10H10FNO.C6H3FN2.B.Na.Ni.H/c1-18-13-4-7-16(19-10-13)21-15-8-9-20(11-15)14-5-2-12(17)3-6-14;17-13-2-4-14(5-3-13)20-8-7-15(11-20)21-16-6-1-12(9-18)10-19-16;2*11-8-1-3-9(4-2-8)12-6-5-10(13)7-12;1-8-5-2-3-6(7)9-4-5;;;;/h2-7,10,15H,8-9,11H2;1-6,10,15H,7-9,11,18H2;1-4,10,13H,5-7H2;1-4H,5-7H2;2-4H;;;;/q;;;;;;+1;;-1. The van der Waals surface area contributed by atoms with Crippen molar-refractivity contribution in [2.24, 2.45) is 5.73 Å². The van der Waals surface area contributed by atoms with Gasteiger partial charge in [-0.1, -0.05) is 12.1 Å². The summed E-state index contributed by atoms with van der Waals surface area (Å²) in [6.45, 7) is 19.9. The molecule has 4 fully saturated rings. The van der Waals surface area contributed by atoms with E-state index in [1.807, 2.05) is 17.0 Å². The number of nitrogens with zero attached hydrogens (tertiary/aromatic N) is 9. The van der Waals surface area contributed by atoms with Crippen LogP contribution < -0.4 is 64.4 Å². The molecule has 7 aromatic rings. The third kappa shape index (κ3) is 20.9. The first-order valence-corrected chi connectivity index (χ1v) is 24.9. The minimum Gasteiger partial charge on any atom is -1.00 e. The molecule has 4 aromatic carbocycles. The van der Waals surface area contributed by atoms with Gasteiger partial charge in [0.1, 0.15) is 35.5 Å². The Hall–Kier alpha value is -7.09. The van der Waals surface area contributed by atoms with Crippen molar-refractivity contribution in [2.45, 2.75) is 50.5 Å². The summed E-state index contributed by atoms with van der Waals surface area (Å²) in [6, 6.07) is 35.4. The van der Waals surface area contributed by atoms with Crippen molar-refractivity contribution in [1.82, 2.24) is 15.0 Å². The fourth-order valence-electron chi connectivity index (χ4n) is 8.44. The van der Waals surface area contributed by atoms with Gasteiger partial charge in [0.2, 0.25) is 29.1 Å². The van der Waals surface area contributed by atoms with Crippen LogP contribution in [0.2, 0.25) is 0 Å². The van der Waals surface area contributed by atoms with Crippen LogP contribution in [0.4, 0.5) is 56.1 Å². The number of aliphatic hydroxyl groups is 1. The molecule has 11 rings (SSSR count). The Morgan fingerprint density at radius 3 is 1.29 bits per heavy atom. The second-order valence-corrected chi connectivity index (χ2v) is 18.1. The van der Waals surface area contributed by atoms with Gasteiger partial charge in [0, 0.05) is 131 Å². The van der Waals surface area contributed by atoms with Crippen molar-refractivity contribution in [1.29, 1.82) is 0 Å².